The monoisotopic (exact) mass is 336 g/mol. The minimum Gasteiger partial charge on any atom is -0.478 e. The van der Waals surface area contributed by atoms with E-state index in [2.05, 4.69) is 22.0 Å². The molecule has 0 unspecified atom stereocenters. The van der Waals surface area contributed by atoms with E-state index in [4.69, 9.17) is 9.84 Å². The summed E-state index contributed by atoms with van der Waals surface area (Å²) in [5.74, 6) is -0.964. The number of nitrogens with zero attached hydrogens (tertiary/aromatic N) is 2. The molecule has 5 heteroatoms. The van der Waals surface area contributed by atoms with Crippen molar-refractivity contribution in [1.29, 1.82) is 0 Å². The number of aliphatic imine (C=N–C) groups is 1. The van der Waals surface area contributed by atoms with Gasteiger partial charge in [-0.1, -0.05) is 24.3 Å². The number of carboxylic acid groups (broad SMARTS) is 1. The Kier molecular flexibility index (Phi) is 5.59. The van der Waals surface area contributed by atoms with Gasteiger partial charge in [-0.05, 0) is 41.5 Å². The zero-order valence-electron chi connectivity index (χ0n) is 13.8. The minimum absolute atomic E-state index is 0.774. The molecule has 2 aromatic carbocycles. The average Bonchev–Trinajstić information content (AvgIpc) is 2.66. The van der Waals surface area contributed by atoms with Crippen LogP contribution in [0.15, 0.2) is 59.6 Å². The third-order valence-electron chi connectivity index (χ3n) is 3.92. The molecule has 1 fully saturated rings. The molecule has 0 amide bonds. The molecule has 1 aliphatic rings. The van der Waals surface area contributed by atoms with E-state index in [1.165, 1.54) is 5.69 Å². The molecule has 25 heavy (non-hydrogen) atoms. The third-order valence-corrected chi connectivity index (χ3v) is 3.92. The van der Waals surface area contributed by atoms with Crippen molar-refractivity contribution < 1.29 is 14.6 Å². The van der Waals surface area contributed by atoms with Crippen LogP contribution in [0.5, 0.6) is 0 Å². The summed E-state index contributed by atoms with van der Waals surface area (Å²) in [4.78, 5) is 17.4. The highest BCUT2D eigenvalue weighted by molar-refractivity contribution is 5.86. The first-order valence-corrected chi connectivity index (χ1v) is 8.19. The molecule has 0 aromatic heterocycles. The fourth-order valence-electron chi connectivity index (χ4n) is 2.62. The molecule has 0 atom stereocenters. The lowest BCUT2D eigenvalue weighted by molar-refractivity contribution is -0.131. The van der Waals surface area contributed by atoms with Gasteiger partial charge in [-0.2, -0.15) is 0 Å². The van der Waals surface area contributed by atoms with Crippen LogP contribution in [-0.4, -0.2) is 43.6 Å². The van der Waals surface area contributed by atoms with E-state index in [1.54, 1.807) is 6.08 Å². The molecule has 1 heterocycles. The lowest BCUT2D eigenvalue weighted by Gasteiger charge is -2.28. The molecule has 0 bridgehead atoms. The van der Waals surface area contributed by atoms with E-state index in [0.717, 1.165) is 49.2 Å². The van der Waals surface area contributed by atoms with Gasteiger partial charge in [-0.3, -0.25) is 4.99 Å². The Balaban J connectivity index is 1.67. The number of rotatable bonds is 5. The van der Waals surface area contributed by atoms with E-state index in [-0.39, 0.29) is 0 Å². The maximum atomic E-state index is 10.6. The topological polar surface area (TPSA) is 62.1 Å². The second-order valence-electron chi connectivity index (χ2n) is 5.72. The molecule has 1 aliphatic heterocycles. The predicted octanol–water partition coefficient (Wildman–Crippen LogP) is 3.37. The standard InChI is InChI=1S/C20H20N2O3/c23-20(24)9-6-16-2-1-3-18(14-16)21-15-17-4-7-19(8-5-17)22-10-12-25-13-11-22/h1-9,14-15H,10-13H2,(H,23,24). The summed E-state index contributed by atoms with van der Waals surface area (Å²) in [7, 11) is 0. The number of carbonyl (C=O) groups is 1. The Morgan fingerprint density at radius 3 is 2.56 bits per heavy atom. The van der Waals surface area contributed by atoms with Crippen molar-refractivity contribution >= 4 is 29.6 Å². The summed E-state index contributed by atoms with van der Waals surface area (Å²) in [5, 5.41) is 8.69. The number of ether oxygens (including phenoxy) is 1. The van der Waals surface area contributed by atoms with Crippen LogP contribution in [0.1, 0.15) is 11.1 Å². The fourth-order valence-corrected chi connectivity index (χ4v) is 2.62. The minimum atomic E-state index is -0.964. The van der Waals surface area contributed by atoms with E-state index in [0.29, 0.717) is 0 Å². The molecule has 0 spiro atoms. The Bertz CT molecular complexity index is 776. The number of anilines is 1. The summed E-state index contributed by atoms with van der Waals surface area (Å²) in [6, 6.07) is 15.7. The number of benzene rings is 2. The number of hydrogen-bond acceptors (Lipinski definition) is 4. The molecular formula is C20H20N2O3. The molecule has 128 valence electrons. The molecule has 5 nitrogen and oxygen atoms in total. The van der Waals surface area contributed by atoms with Crippen molar-refractivity contribution in [3.05, 3.63) is 65.7 Å². The van der Waals surface area contributed by atoms with Gasteiger partial charge in [0, 0.05) is 31.1 Å². The molecule has 2 aromatic rings. The first-order chi connectivity index (χ1) is 12.2. The summed E-state index contributed by atoms with van der Waals surface area (Å²) < 4.78 is 5.37. The molecular weight excluding hydrogens is 316 g/mol. The highest BCUT2D eigenvalue weighted by Gasteiger charge is 2.10. The molecule has 0 radical (unpaired) electrons. The van der Waals surface area contributed by atoms with Crippen molar-refractivity contribution in [2.45, 2.75) is 0 Å². The van der Waals surface area contributed by atoms with Crippen molar-refractivity contribution in [3.8, 4) is 0 Å². The van der Waals surface area contributed by atoms with Crippen molar-refractivity contribution in [3.63, 3.8) is 0 Å². The quantitative estimate of drug-likeness (QED) is 0.672. The van der Waals surface area contributed by atoms with E-state index in [9.17, 15) is 4.79 Å². The third kappa shape index (κ3) is 5.02. The highest BCUT2D eigenvalue weighted by Crippen LogP contribution is 2.18. The Hall–Kier alpha value is -2.92. The first-order valence-electron chi connectivity index (χ1n) is 8.19. The first kappa shape index (κ1) is 16.9. The van der Waals surface area contributed by atoms with Crippen LogP contribution in [0.3, 0.4) is 0 Å². The Morgan fingerprint density at radius 1 is 1.08 bits per heavy atom. The van der Waals surface area contributed by atoms with E-state index < -0.39 is 5.97 Å². The lowest BCUT2D eigenvalue weighted by Crippen LogP contribution is -2.36. The van der Waals surface area contributed by atoms with Crippen LogP contribution >= 0.6 is 0 Å². The lowest BCUT2D eigenvalue weighted by atomic mass is 10.2. The van der Waals surface area contributed by atoms with Crippen LogP contribution < -0.4 is 4.90 Å². The molecule has 3 rings (SSSR count). The second-order valence-corrected chi connectivity index (χ2v) is 5.72. The van der Waals surface area contributed by atoms with Gasteiger partial charge in [0.2, 0.25) is 0 Å². The Morgan fingerprint density at radius 2 is 1.84 bits per heavy atom. The summed E-state index contributed by atoms with van der Waals surface area (Å²) >= 11 is 0. The van der Waals surface area contributed by atoms with Crippen LogP contribution in [0.4, 0.5) is 11.4 Å². The number of hydrogen-bond donors (Lipinski definition) is 1. The maximum Gasteiger partial charge on any atom is 0.328 e. The normalized spacial score (nSPS) is 15.1. The molecule has 1 N–H and O–H groups in total. The summed E-state index contributed by atoms with van der Waals surface area (Å²) in [6.07, 6.45) is 4.48. The van der Waals surface area contributed by atoms with E-state index in [1.807, 2.05) is 42.6 Å². The maximum absolute atomic E-state index is 10.6. The van der Waals surface area contributed by atoms with Gasteiger partial charge in [0.25, 0.3) is 0 Å². The van der Waals surface area contributed by atoms with Crippen molar-refractivity contribution in [1.82, 2.24) is 0 Å². The number of morpholine rings is 1. The van der Waals surface area contributed by atoms with Crippen molar-refractivity contribution in [2.24, 2.45) is 4.99 Å². The second kappa shape index (κ2) is 8.26. The van der Waals surface area contributed by atoms with Crippen LogP contribution in [0.2, 0.25) is 0 Å². The average molecular weight is 336 g/mol. The Labute approximate surface area is 146 Å². The van der Waals surface area contributed by atoms with E-state index >= 15 is 0 Å². The van der Waals surface area contributed by atoms with Crippen molar-refractivity contribution in [2.75, 3.05) is 31.2 Å². The largest absolute Gasteiger partial charge is 0.478 e. The van der Waals surface area contributed by atoms with Gasteiger partial charge in [0.1, 0.15) is 0 Å². The van der Waals surface area contributed by atoms with Crippen LogP contribution in [-0.2, 0) is 9.53 Å². The van der Waals surface area contributed by atoms with Gasteiger partial charge in [-0.15, -0.1) is 0 Å². The SMILES string of the molecule is O=C(O)C=Cc1cccc(N=Cc2ccc(N3CCOCC3)cc2)c1. The number of aliphatic carboxylic acids is 1. The zero-order chi connectivity index (χ0) is 17.5. The molecule has 1 saturated heterocycles. The van der Waals surface area contributed by atoms with Gasteiger partial charge in [-0.25, -0.2) is 4.79 Å². The molecule has 0 aliphatic carbocycles. The zero-order valence-corrected chi connectivity index (χ0v) is 13.8. The van der Waals surface area contributed by atoms with Gasteiger partial charge in [0.15, 0.2) is 0 Å². The van der Waals surface area contributed by atoms with Gasteiger partial charge in [0.05, 0.1) is 18.9 Å². The van der Waals surface area contributed by atoms with Gasteiger partial charge < -0.3 is 14.7 Å². The van der Waals surface area contributed by atoms with Crippen LogP contribution in [0, 0.1) is 0 Å². The van der Waals surface area contributed by atoms with Gasteiger partial charge >= 0.3 is 5.97 Å². The number of carboxylic acids is 1. The fraction of sp³-hybridized carbons (Fsp3) is 0.200. The summed E-state index contributed by atoms with van der Waals surface area (Å²) in [6.45, 7) is 3.39. The molecule has 0 saturated carbocycles. The van der Waals surface area contributed by atoms with Crippen LogP contribution in [0.25, 0.3) is 6.08 Å². The summed E-state index contributed by atoms with van der Waals surface area (Å²) in [5.41, 5.74) is 3.80. The predicted molar refractivity (Wildman–Crippen MR) is 99.8 cm³/mol. The highest BCUT2D eigenvalue weighted by atomic mass is 16.5. The smallest absolute Gasteiger partial charge is 0.328 e.